The summed E-state index contributed by atoms with van der Waals surface area (Å²) < 4.78 is 44.6. The molecule has 0 radical (unpaired) electrons. The lowest BCUT2D eigenvalue weighted by Crippen LogP contribution is -2.35. The van der Waals surface area contributed by atoms with E-state index in [1.54, 1.807) is 18.2 Å². The van der Waals surface area contributed by atoms with Crippen LogP contribution in [0.1, 0.15) is 6.42 Å². The van der Waals surface area contributed by atoms with E-state index in [1.807, 2.05) is 0 Å². The third-order valence-corrected chi connectivity index (χ3v) is 5.05. The summed E-state index contributed by atoms with van der Waals surface area (Å²) in [5, 5.41) is 2.70. The summed E-state index contributed by atoms with van der Waals surface area (Å²) in [4.78, 5) is 11.9. The van der Waals surface area contributed by atoms with E-state index in [0.29, 0.717) is 0 Å². The molecule has 26 heavy (non-hydrogen) atoms. The van der Waals surface area contributed by atoms with Gasteiger partial charge >= 0.3 is 0 Å². The van der Waals surface area contributed by atoms with Crippen LogP contribution in [0.4, 0.5) is 4.39 Å². The van der Waals surface area contributed by atoms with Gasteiger partial charge in [-0.2, -0.15) is 0 Å². The standard InChI is InChI=1S/C17H18ClFN2O4S/c18-15-12-13(19)6-7-16(15)25-11-8-17(22)20-9-10-21-26(23,24)14-4-2-1-3-5-14/h1-7,12,21H,8-11H2,(H,20,22). The van der Waals surface area contributed by atoms with Gasteiger partial charge in [-0.1, -0.05) is 29.8 Å². The van der Waals surface area contributed by atoms with Crippen LogP contribution in [0.5, 0.6) is 5.75 Å². The summed E-state index contributed by atoms with van der Waals surface area (Å²) in [5.41, 5.74) is 0. The first-order valence-electron chi connectivity index (χ1n) is 7.78. The molecule has 2 rings (SSSR count). The zero-order chi connectivity index (χ0) is 19.0. The lowest BCUT2D eigenvalue weighted by molar-refractivity contribution is -0.121. The van der Waals surface area contributed by atoms with Gasteiger partial charge in [0.05, 0.1) is 22.9 Å². The van der Waals surface area contributed by atoms with Gasteiger partial charge in [0.2, 0.25) is 15.9 Å². The Hall–Kier alpha value is -2.16. The molecule has 0 aromatic heterocycles. The molecule has 0 bridgehead atoms. The molecule has 9 heteroatoms. The van der Waals surface area contributed by atoms with Crippen LogP contribution in [-0.4, -0.2) is 34.0 Å². The first-order valence-corrected chi connectivity index (χ1v) is 9.64. The molecule has 0 aliphatic heterocycles. The Kier molecular flexibility index (Phi) is 7.38. The molecule has 0 saturated carbocycles. The van der Waals surface area contributed by atoms with Gasteiger partial charge in [-0.15, -0.1) is 0 Å². The second kappa shape index (κ2) is 9.51. The van der Waals surface area contributed by atoms with Gasteiger partial charge in [0.25, 0.3) is 0 Å². The molecule has 0 aliphatic carbocycles. The van der Waals surface area contributed by atoms with Crippen LogP contribution in [-0.2, 0) is 14.8 Å². The Morgan fingerprint density at radius 1 is 1.12 bits per heavy atom. The molecule has 0 spiro atoms. The summed E-state index contributed by atoms with van der Waals surface area (Å²) >= 11 is 5.81. The maximum atomic E-state index is 12.9. The van der Waals surface area contributed by atoms with Crippen molar-refractivity contribution in [3.63, 3.8) is 0 Å². The van der Waals surface area contributed by atoms with Crippen LogP contribution in [0.2, 0.25) is 5.02 Å². The summed E-state index contributed by atoms with van der Waals surface area (Å²) in [6, 6.07) is 11.7. The highest BCUT2D eigenvalue weighted by Gasteiger charge is 2.12. The quantitative estimate of drug-likeness (QED) is 0.633. The molecule has 0 heterocycles. The highest BCUT2D eigenvalue weighted by atomic mass is 35.5. The number of hydrogen-bond acceptors (Lipinski definition) is 4. The van der Waals surface area contributed by atoms with Crippen LogP contribution in [0, 0.1) is 5.82 Å². The highest BCUT2D eigenvalue weighted by molar-refractivity contribution is 7.89. The van der Waals surface area contributed by atoms with Crippen molar-refractivity contribution in [1.82, 2.24) is 10.0 Å². The molecule has 0 aliphatic rings. The van der Waals surface area contributed by atoms with E-state index < -0.39 is 15.8 Å². The van der Waals surface area contributed by atoms with Crippen LogP contribution in [0.3, 0.4) is 0 Å². The van der Waals surface area contributed by atoms with E-state index in [1.165, 1.54) is 24.3 Å². The molecule has 2 N–H and O–H groups in total. The molecule has 2 aromatic carbocycles. The summed E-state index contributed by atoms with van der Waals surface area (Å²) in [5.74, 6) is -0.489. The van der Waals surface area contributed by atoms with Crippen molar-refractivity contribution in [2.45, 2.75) is 11.3 Å². The molecule has 0 unspecified atom stereocenters. The van der Waals surface area contributed by atoms with Crippen molar-refractivity contribution in [3.05, 3.63) is 59.4 Å². The Morgan fingerprint density at radius 2 is 1.85 bits per heavy atom. The van der Waals surface area contributed by atoms with Crippen molar-refractivity contribution in [2.24, 2.45) is 0 Å². The van der Waals surface area contributed by atoms with Gasteiger partial charge in [-0.25, -0.2) is 17.5 Å². The lowest BCUT2D eigenvalue weighted by Gasteiger charge is -2.09. The molecule has 2 aromatic rings. The number of amides is 1. The van der Waals surface area contributed by atoms with Crippen LogP contribution in [0.15, 0.2) is 53.4 Å². The number of carbonyl (C=O) groups is 1. The molecule has 1 amide bonds. The predicted molar refractivity (Wildman–Crippen MR) is 96.2 cm³/mol. The van der Waals surface area contributed by atoms with Crippen molar-refractivity contribution in [1.29, 1.82) is 0 Å². The second-order valence-electron chi connectivity index (χ2n) is 5.23. The van der Waals surface area contributed by atoms with Crippen molar-refractivity contribution < 1.29 is 22.3 Å². The number of nitrogens with one attached hydrogen (secondary N) is 2. The van der Waals surface area contributed by atoms with Crippen molar-refractivity contribution >= 4 is 27.5 Å². The smallest absolute Gasteiger partial charge is 0.240 e. The Labute approximate surface area is 156 Å². The van der Waals surface area contributed by atoms with Gasteiger partial charge in [0.1, 0.15) is 11.6 Å². The number of ether oxygens (including phenoxy) is 1. The normalized spacial score (nSPS) is 11.2. The monoisotopic (exact) mass is 400 g/mol. The topological polar surface area (TPSA) is 84.5 Å². The fraction of sp³-hybridized carbons (Fsp3) is 0.235. The number of hydrogen-bond donors (Lipinski definition) is 2. The second-order valence-corrected chi connectivity index (χ2v) is 7.41. The van der Waals surface area contributed by atoms with E-state index in [4.69, 9.17) is 16.3 Å². The molecule has 0 saturated heterocycles. The minimum absolute atomic E-state index is 0.0547. The lowest BCUT2D eigenvalue weighted by atomic mass is 10.3. The number of halogens is 2. The summed E-state index contributed by atoms with van der Waals surface area (Å²) in [6.07, 6.45) is 0.0547. The Morgan fingerprint density at radius 3 is 2.54 bits per heavy atom. The molecule has 140 valence electrons. The third-order valence-electron chi connectivity index (χ3n) is 3.27. The minimum atomic E-state index is -3.59. The molecular weight excluding hydrogens is 383 g/mol. The molecule has 0 atom stereocenters. The largest absolute Gasteiger partial charge is 0.491 e. The maximum absolute atomic E-state index is 12.9. The average Bonchev–Trinajstić information content (AvgIpc) is 2.61. The van der Waals surface area contributed by atoms with Crippen LogP contribution < -0.4 is 14.8 Å². The molecule has 6 nitrogen and oxygen atoms in total. The van der Waals surface area contributed by atoms with E-state index in [0.717, 1.165) is 6.07 Å². The highest BCUT2D eigenvalue weighted by Crippen LogP contribution is 2.24. The average molecular weight is 401 g/mol. The molecular formula is C17H18ClFN2O4S. The first-order chi connectivity index (χ1) is 12.4. The fourth-order valence-electron chi connectivity index (χ4n) is 2.00. The number of carbonyl (C=O) groups excluding carboxylic acids is 1. The van der Waals surface area contributed by atoms with Gasteiger partial charge in [-0.05, 0) is 30.3 Å². The van der Waals surface area contributed by atoms with Crippen molar-refractivity contribution in [2.75, 3.05) is 19.7 Å². The summed E-state index contributed by atoms with van der Waals surface area (Å²) in [7, 11) is -3.59. The van der Waals surface area contributed by atoms with E-state index >= 15 is 0 Å². The van der Waals surface area contributed by atoms with Gasteiger partial charge in [-0.3, -0.25) is 4.79 Å². The van der Waals surface area contributed by atoms with Gasteiger partial charge in [0.15, 0.2) is 0 Å². The van der Waals surface area contributed by atoms with E-state index in [9.17, 15) is 17.6 Å². The van der Waals surface area contributed by atoms with E-state index in [2.05, 4.69) is 10.0 Å². The van der Waals surface area contributed by atoms with Gasteiger partial charge in [0, 0.05) is 13.1 Å². The zero-order valence-electron chi connectivity index (χ0n) is 13.7. The summed E-state index contributed by atoms with van der Waals surface area (Å²) in [6.45, 7) is 0.267. The van der Waals surface area contributed by atoms with E-state index in [-0.39, 0.29) is 47.7 Å². The SMILES string of the molecule is O=C(CCOc1ccc(F)cc1Cl)NCCNS(=O)(=O)c1ccccc1. The predicted octanol–water partition coefficient (Wildman–Crippen LogP) is 2.34. The van der Waals surface area contributed by atoms with Crippen LogP contribution in [0.25, 0.3) is 0 Å². The maximum Gasteiger partial charge on any atom is 0.240 e. The third kappa shape index (κ3) is 6.29. The Bertz CT molecular complexity index is 847. The van der Waals surface area contributed by atoms with Gasteiger partial charge < -0.3 is 10.1 Å². The fourth-order valence-corrected chi connectivity index (χ4v) is 3.28. The molecule has 0 fully saturated rings. The first kappa shape index (κ1) is 20.2. The Balaban J connectivity index is 1.66. The number of benzene rings is 2. The number of sulfonamides is 1. The zero-order valence-corrected chi connectivity index (χ0v) is 15.3. The van der Waals surface area contributed by atoms with Crippen LogP contribution >= 0.6 is 11.6 Å². The van der Waals surface area contributed by atoms with Crippen molar-refractivity contribution in [3.8, 4) is 5.75 Å². The minimum Gasteiger partial charge on any atom is -0.491 e. The number of rotatable bonds is 9.